The minimum atomic E-state index is -1.07. The lowest BCUT2D eigenvalue weighted by molar-refractivity contribution is -0.144. The first-order valence-corrected chi connectivity index (χ1v) is 3.45. The second kappa shape index (κ2) is 3.01. The summed E-state index contributed by atoms with van der Waals surface area (Å²) in [4.78, 5) is 10.5. The molecule has 0 amide bonds. The number of hydrogen-bond donors (Lipinski definition) is 2. The Morgan fingerprint density at radius 3 is 2.30 bits per heavy atom. The van der Waals surface area contributed by atoms with Crippen LogP contribution in [0.3, 0.4) is 0 Å². The summed E-state index contributed by atoms with van der Waals surface area (Å²) in [6.45, 7) is 5.32. The zero-order valence-corrected chi connectivity index (χ0v) is 6.72. The predicted octanol–water partition coefficient (Wildman–Crippen LogP) is 0.834. The molecule has 0 aliphatic carbocycles. The maximum Gasteiger partial charge on any atom is 0.323 e. The van der Waals surface area contributed by atoms with Crippen molar-refractivity contribution >= 4 is 5.97 Å². The first kappa shape index (κ1) is 9.43. The Balaban J connectivity index is 4.23. The Hall–Kier alpha value is -0.570. The Morgan fingerprint density at radius 2 is 2.20 bits per heavy atom. The van der Waals surface area contributed by atoms with Crippen LogP contribution in [-0.2, 0) is 4.79 Å². The van der Waals surface area contributed by atoms with Gasteiger partial charge >= 0.3 is 5.97 Å². The van der Waals surface area contributed by atoms with Crippen LogP contribution in [0.15, 0.2) is 0 Å². The van der Waals surface area contributed by atoms with E-state index in [0.717, 1.165) is 6.42 Å². The van der Waals surface area contributed by atoms with Gasteiger partial charge < -0.3 is 10.8 Å². The summed E-state index contributed by atoms with van der Waals surface area (Å²) in [5.41, 5.74) is 4.44. The monoisotopic (exact) mass is 145 g/mol. The molecule has 0 saturated carbocycles. The third-order valence-electron chi connectivity index (χ3n) is 2.10. The maximum atomic E-state index is 10.5. The molecule has 0 aliphatic rings. The second-order valence-corrected chi connectivity index (χ2v) is 2.90. The molecule has 3 N–H and O–H groups in total. The fraction of sp³-hybridized carbons (Fsp3) is 0.857. The molecule has 0 heterocycles. The molecule has 60 valence electrons. The number of aliphatic carboxylic acids is 1. The summed E-state index contributed by atoms with van der Waals surface area (Å²) in [6.07, 6.45) is 0.791. The first-order chi connectivity index (χ1) is 4.42. The van der Waals surface area contributed by atoms with Crippen molar-refractivity contribution in [1.82, 2.24) is 0 Å². The Labute approximate surface area is 61.2 Å². The minimum absolute atomic E-state index is 0.0185. The van der Waals surface area contributed by atoms with Crippen LogP contribution >= 0.6 is 0 Å². The van der Waals surface area contributed by atoms with Gasteiger partial charge in [0.25, 0.3) is 0 Å². The fourth-order valence-electron chi connectivity index (χ4n) is 0.635. The Morgan fingerprint density at radius 1 is 1.80 bits per heavy atom. The number of nitrogens with two attached hydrogens (primary N) is 1. The fourth-order valence-corrected chi connectivity index (χ4v) is 0.635. The highest BCUT2D eigenvalue weighted by atomic mass is 16.4. The predicted molar refractivity (Wildman–Crippen MR) is 39.7 cm³/mol. The van der Waals surface area contributed by atoms with Crippen LogP contribution in [0, 0.1) is 5.92 Å². The zero-order chi connectivity index (χ0) is 8.36. The Kier molecular flexibility index (Phi) is 2.84. The number of carboxylic acid groups (broad SMARTS) is 1. The van der Waals surface area contributed by atoms with Crippen LogP contribution in [0.1, 0.15) is 27.2 Å². The van der Waals surface area contributed by atoms with Gasteiger partial charge in [0.05, 0.1) is 0 Å². The van der Waals surface area contributed by atoms with Gasteiger partial charge in [-0.15, -0.1) is 0 Å². The molecule has 0 aromatic rings. The standard InChI is InChI=1S/C7H15NO2/c1-4-5(2)7(3,8)6(9)10/h5H,4,8H2,1-3H3,(H,9,10)/t5-,7+/m0/s1. The summed E-state index contributed by atoms with van der Waals surface area (Å²) in [5.74, 6) is -0.910. The average Bonchev–Trinajstić information content (AvgIpc) is 1.86. The van der Waals surface area contributed by atoms with Gasteiger partial charge in [-0.25, -0.2) is 0 Å². The molecule has 0 saturated heterocycles. The molecule has 0 fully saturated rings. The van der Waals surface area contributed by atoms with Crippen molar-refractivity contribution in [3.05, 3.63) is 0 Å². The third-order valence-corrected chi connectivity index (χ3v) is 2.10. The van der Waals surface area contributed by atoms with E-state index in [4.69, 9.17) is 10.8 Å². The Bertz CT molecular complexity index is 132. The lowest BCUT2D eigenvalue weighted by atomic mass is 9.86. The maximum absolute atomic E-state index is 10.5. The van der Waals surface area contributed by atoms with E-state index < -0.39 is 11.5 Å². The van der Waals surface area contributed by atoms with E-state index in [1.54, 1.807) is 6.92 Å². The highest BCUT2D eigenvalue weighted by molar-refractivity contribution is 5.78. The van der Waals surface area contributed by atoms with Crippen LogP contribution in [0.25, 0.3) is 0 Å². The van der Waals surface area contributed by atoms with Crippen LogP contribution in [0.4, 0.5) is 0 Å². The van der Waals surface area contributed by atoms with Crippen LogP contribution in [0.2, 0.25) is 0 Å². The number of carbonyl (C=O) groups is 1. The van der Waals surface area contributed by atoms with Crippen molar-refractivity contribution in [3.63, 3.8) is 0 Å². The highest BCUT2D eigenvalue weighted by Crippen LogP contribution is 2.16. The summed E-state index contributed by atoms with van der Waals surface area (Å²) in [5, 5.41) is 8.62. The lowest BCUT2D eigenvalue weighted by Gasteiger charge is -2.25. The van der Waals surface area contributed by atoms with E-state index >= 15 is 0 Å². The topological polar surface area (TPSA) is 63.3 Å². The molecule has 0 radical (unpaired) electrons. The molecular formula is C7H15NO2. The van der Waals surface area contributed by atoms with Gasteiger partial charge in [-0.2, -0.15) is 0 Å². The normalized spacial score (nSPS) is 19.6. The number of carboxylic acids is 1. The zero-order valence-electron chi connectivity index (χ0n) is 6.72. The van der Waals surface area contributed by atoms with E-state index in [0.29, 0.717) is 0 Å². The van der Waals surface area contributed by atoms with Gasteiger partial charge in [-0.1, -0.05) is 20.3 Å². The van der Waals surface area contributed by atoms with E-state index in [1.807, 2.05) is 13.8 Å². The molecular weight excluding hydrogens is 130 g/mol. The van der Waals surface area contributed by atoms with Crippen molar-refractivity contribution in [2.75, 3.05) is 0 Å². The SMILES string of the molecule is CC[C@H](C)[C@@](C)(N)C(=O)O. The molecule has 0 aliphatic heterocycles. The summed E-state index contributed by atoms with van der Waals surface area (Å²) in [7, 11) is 0. The second-order valence-electron chi connectivity index (χ2n) is 2.90. The molecule has 0 aromatic heterocycles. The smallest absolute Gasteiger partial charge is 0.323 e. The molecule has 0 spiro atoms. The molecule has 3 heteroatoms. The van der Waals surface area contributed by atoms with Gasteiger partial charge in [-0.05, 0) is 12.8 Å². The van der Waals surface area contributed by atoms with E-state index in [-0.39, 0.29) is 5.92 Å². The minimum Gasteiger partial charge on any atom is -0.480 e. The molecule has 10 heavy (non-hydrogen) atoms. The van der Waals surface area contributed by atoms with Gasteiger partial charge in [0.1, 0.15) is 5.54 Å². The van der Waals surface area contributed by atoms with E-state index in [2.05, 4.69) is 0 Å². The average molecular weight is 145 g/mol. The van der Waals surface area contributed by atoms with Gasteiger partial charge in [0.15, 0.2) is 0 Å². The van der Waals surface area contributed by atoms with Gasteiger partial charge in [0.2, 0.25) is 0 Å². The largest absolute Gasteiger partial charge is 0.480 e. The molecule has 0 unspecified atom stereocenters. The van der Waals surface area contributed by atoms with Crippen LogP contribution < -0.4 is 5.73 Å². The van der Waals surface area contributed by atoms with Crippen molar-refractivity contribution in [2.24, 2.45) is 11.7 Å². The third kappa shape index (κ3) is 1.70. The lowest BCUT2D eigenvalue weighted by Crippen LogP contribution is -2.50. The first-order valence-electron chi connectivity index (χ1n) is 3.45. The van der Waals surface area contributed by atoms with Gasteiger partial charge in [-0.3, -0.25) is 4.79 Å². The molecule has 0 rings (SSSR count). The van der Waals surface area contributed by atoms with Crippen molar-refractivity contribution in [3.8, 4) is 0 Å². The number of hydrogen-bond acceptors (Lipinski definition) is 2. The quantitative estimate of drug-likeness (QED) is 0.618. The summed E-state index contributed by atoms with van der Waals surface area (Å²) >= 11 is 0. The van der Waals surface area contributed by atoms with Crippen LogP contribution in [-0.4, -0.2) is 16.6 Å². The van der Waals surface area contributed by atoms with E-state index in [1.165, 1.54) is 0 Å². The number of rotatable bonds is 3. The van der Waals surface area contributed by atoms with Crippen molar-refractivity contribution in [2.45, 2.75) is 32.7 Å². The molecule has 2 atom stereocenters. The molecule has 0 aromatic carbocycles. The van der Waals surface area contributed by atoms with Crippen LogP contribution in [0.5, 0.6) is 0 Å². The molecule has 3 nitrogen and oxygen atoms in total. The van der Waals surface area contributed by atoms with E-state index in [9.17, 15) is 4.79 Å². The highest BCUT2D eigenvalue weighted by Gasteiger charge is 2.33. The summed E-state index contributed by atoms with van der Waals surface area (Å²) < 4.78 is 0. The summed E-state index contributed by atoms with van der Waals surface area (Å²) in [6, 6.07) is 0. The van der Waals surface area contributed by atoms with Gasteiger partial charge in [0, 0.05) is 0 Å². The molecule has 0 bridgehead atoms. The van der Waals surface area contributed by atoms with Crippen molar-refractivity contribution < 1.29 is 9.90 Å². The van der Waals surface area contributed by atoms with Crippen molar-refractivity contribution in [1.29, 1.82) is 0 Å².